The molecule has 0 bridgehead atoms. The van der Waals surface area contributed by atoms with Crippen molar-refractivity contribution < 1.29 is 14.0 Å². The lowest BCUT2D eigenvalue weighted by molar-refractivity contribution is -0.135. The van der Waals surface area contributed by atoms with E-state index < -0.39 is 0 Å². The minimum Gasteiger partial charge on any atom is -0.342 e. The lowest BCUT2D eigenvalue weighted by Crippen LogP contribution is -2.44. The number of hydrogen-bond acceptors (Lipinski definition) is 4. The number of benzene rings is 1. The summed E-state index contributed by atoms with van der Waals surface area (Å²) in [4.78, 5) is 29.2. The summed E-state index contributed by atoms with van der Waals surface area (Å²) in [6.07, 6.45) is 3.55. The minimum atomic E-state index is -0.329. The Balaban J connectivity index is 1.41. The topological polar surface area (TPSA) is 71.3 Å². The molecule has 2 aliphatic rings. The number of nitrogens with zero attached hydrogens (tertiary/aromatic N) is 5. The van der Waals surface area contributed by atoms with Gasteiger partial charge in [0.15, 0.2) is 5.69 Å². The van der Waals surface area contributed by atoms with Gasteiger partial charge in [0.25, 0.3) is 5.91 Å². The first-order valence-electron chi connectivity index (χ1n) is 9.81. The highest BCUT2D eigenvalue weighted by atomic mass is 19.1. The Labute approximate surface area is 163 Å². The van der Waals surface area contributed by atoms with Crippen molar-refractivity contribution in [3.05, 3.63) is 41.5 Å². The molecule has 2 saturated heterocycles. The van der Waals surface area contributed by atoms with Gasteiger partial charge in [0.05, 0.1) is 11.4 Å². The van der Waals surface area contributed by atoms with Gasteiger partial charge in [0.2, 0.25) is 5.91 Å². The van der Waals surface area contributed by atoms with Crippen LogP contribution in [-0.2, 0) is 4.79 Å². The van der Waals surface area contributed by atoms with Crippen LogP contribution in [0.4, 0.5) is 4.39 Å². The number of carbonyl (C=O) groups is 2. The lowest BCUT2D eigenvalue weighted by atomic mass is 9.95. The van der Waals surface area contributed by atoms with Gasteiger partial charge in [-0.2, -0.15) is 0 Å². The second-order valence-electron chi connectivity index (χ2n) is 7.51. The molecule has 0 radical (unpaired) electrons. The van der Waals surface area contributed by atoms with Crippen molar-refractivity contribution in [1.29, 1.82) is 0 Å². The fourth-order valence-electron chi connectivity index (χ4n) is 4.03. The van der Waals surface area contributed by atoms with Crippen molar-refractivity contribution in [2.24, 2.45) is 5.92 Å². The quantitative estimate of drug-likeness (QED) is 0.812. The maximum Gasteiger partial charge on any atom is 0.276 e. The van der Waals surface area contributed by atoms with Crippen LogP contribution in [0.1, 0.15) is 41.9 Å². The van der Waals surface area contributed by atoms with E-state index in [0.29, 0.717) is 43.0 Å². The molecule has 2 aliphatic heterocycles. The maximum atomic E-state index is 13.1. The van der Waals surface area contributed by atoms with E-state index in [4.69, 9.17) is 0 Å². The van der Waals surface area contributed by atoms with Gasteiger partial charge in [-0.05, 0) is 56.9 Å². The highest BCUT2D eigenvalue weighted by Gasteiger charge is 2.32. The summed E-state index contributed by atoms with van der Waals surface area (Å²) in [6.45, 7) is 4.60. The van der Waals surface area contributed by atoms with Crippen LogP contribution in [0.3, 0.4) is 0 Å². The van der Waals surface area contributed by atoms with E-state index in [-0.39, 0.29) is 23.5 Å². The van der Waals surface area contributed by atoms with Gasteiger partial charge in [-0.3, -0.25) is 9.59 Å². The average molecular weight is 385 g/mol. The number of aromatic nitrogens is 3. The van der Waals surface area contributed by atoms with E-state index in [1.54, 1.807) is 24.0 Å². The Bertz CT molecular complexity index is 865. The monoisotopic (exact) mass is 385 g/mol. The van der Waals surface area contributed by atoms with Gasteiger partial charge < -0.3 is 9.80 Å². The summed E-state index contributed by atoms with van der Waals surface area (Å²) in [7, 11) is 0. The average Bonchev–Trinajstić information content (AvgIpc) is 3.38. The molecule has 0 N–H and O–H groups in total. The predicted molar refractivity (Wildman–Crippen MR) is 100 cm³/mol. The molecule has 2 fully saturated rings. The Morgan fingerprint density at radius 1 is 1.00 bits per heavy atom. The first kappa shape index (κ1) is 18.6. The molecular formula is C20H24FN5O2. The normalized spacial score (nSPS) is 17.9. The Kier molecular flexibility index (Phi) is 5.11. The van der Waals surface area contributed by atoms with Gasteiger partial charge in [-0.1, -0.05) is 5.21 Å². The lowest BCUT2D eigenvalue weighted by Gasteiger charge is -2.32. The molecule has 2 aromatic rings. The molecule has 8 heteroatoms. The maximum absolute atomic E-state index is 13.1. The smallest absolute Gasteiger partial charge is 0.276 e. The van der Waals surface area contributed by atoms with Crippen LogP contribution in [0.5, 0.6) is 0 Å². The van der Waals surface area contributed by atoms with Crippen molar-refractivity contribution in [3.63, 3.8) is 0 Å². The van der Waals surface area contributed by atoms with Crippen molar-refractivity contribution in [3.8, 4) is 5.69 Å². The summed E-state index contributed by atoms with van der Waals surface area (Å²) >= 11 is 0. The molecule has 7 nitrogen and oxygen atoms in total. The molecule has 0 unspecified atom stereocenters. The third-order valence-corrected chi connectivity index (χ3v) is 5.72. The zero-order chi connectivity index (χ0) is 19.7. The Morgan fingerprint density at radius 3 is 2.29 bits per heavy atom. The summed E-state index contributed by atoms with van der Waals surface area (Å²) in [5, 5.41) is 8.12. The van der Waals surface area contributed by atoms with Crippen molar-refractivity contribution in [2.75, 3.05) is 26.2 Å². The summed E-state index contributed by atoms with van der Waals surface area (Å²) < 4.78 is 14.7. The number of likely N-dealkylation sites (tertiary alicyclic amines) is 2. The number of halogens is 1. The van der Waals surface area contributed by atoms with Crippen molar-refractivity contribution >= 4 is 11.8 Å². The molecule has 1 aromatic carbocycles. The number of hydrogen-bond donors (Lipinski definition) is 0. The Hall–Kier alpha value is -2.77. The van der Waals surface area contributed by atoms with Crippen LogP contribution in [0, 0.1) is 18.7 Å². The first-order valence-corrected chi connectivity index (χ1v) is 9.81. The van der Waals surface area contributed by atoms with E-state index in [0.717, 1.165) is 25.9 Å². The van der Waals surface area contributed by atoms with E-state index in [1.165, 1.54) is 16.8 Å². The van der Waals surface area contributed by atoms with Gasteiger partial charge in [0.1, 0.15) is 5.82 Å². The zero-order valence-electron chi connectivity index (χ0n) is 16.0. The summed E-state index contributed by atoms with van der Waals surface area (Å²) in [6, 6.07) is 5.89. The van der Waals surface area contributed by atoms with E-state index in [1.807, 2.05) is 4.90 Å². The minimum absolute atomic E-state index is 0.0122. The van der Waals surface area contributed by atoms with Crippen molar-refractivity contribution in [2.45, 2.75) is 32.6 Å². The largest absolute Gasteiger partial charge is 0.342 e. The fraction of sp³-hybridized carbons (Fsp3) is 0.500. The third kappa shape index (κ3) is 3.50. The number of carbonyl (C=O) groups excluding carboxylic acids is 2. The van der Waals surface area contributed by atoms with Crippen molar-refractivity contribution in [1.82, 2.24) is 24.8 Å². The van der Waals surface area contributed by atoms with Crippen LogP contribution in [-0.4, -0.2) is 62.8 Å². The molecule has 0 aliphatic carbocycles. The molecule has 0 atom stereocenters. The van der Waals surface area contributed by atoms with Crippen LogP contribution in [0.15, 0.2) is 24.3 Å². The van der Waals surface area contributed by atoms with E-state index in [2.05, 4.69) is 10.3 Å². The van der Waals surface area contributed by atoms with Crippen LogP contribution in [0.2, 0.25) is 0 Å². The van der Waals surface area contributed by atoms with Gasteiger partial charge in [-0.15, -0.1) is 5.10 Å². The zero-order valence-corrected chi connectivity index (χ0v) is 16.0. The van der Waals surface area contributed by atoms with Gasteiger partial charge in [0, 0.05) is 32.1 Å². The van der Waals surface area contributed by atoms with Gasteiger partial charge in [-0.25, -0.2) is 9.07 Å². The molecule has 148 valence electrons. The standard InChI is InChI=1S/C20H24FN5O2/c1-14-18(22-23-26(14)17-6-4-16(21)5-7-17)20(28)25-12-8-15(9-13-25)19(27)24-10-2-3-11-24/h4-7,15H,2-3,8-13H2,1H3. The number of piperidine rings is 1. The molecule has 2 amide bonds. The predicted octanol–water partition coefficient (Wildman–Crippen LogP) is 2.19. The highest BCUT2D eigenvalue weighted by molar-refractivity contribution is 5.93. The molecule has 0 saturated carbocycles. The second kappa shape index (κ2) is 7.69. The first-order chi connectivity index (χ1) is 13.5. The molecule has 28 heavy (non-hydrogen) atoms. The van der Waals surface area contributed by atoms with E-state index in [9.17, 15) is 14.0 Å². The fourth-order valence-corrected chi connectivity index (χ4v) is 4.03. The number of amides is 2. The number of rotatable bonds is 3. The molecule has 0 spiro atoms. The molecule has 1 aromatic heterocycles. The summed E-state index contributed by atoms with van der Waals surface area (Å²) in [5.74, 6) is -0.247. The third-order valence-electron chi connectivity index (χ3n) is 5.72. The van der Waals surface area contributed by atoms with Crippen LogP contribution < -0.4 is 0 Å². The second-order valence-corrected chi connectivity index (χ2v) is 7.51. The highest BCUT2D eigenvalue weighted by Crippen LogP contribution is 2.23. The summed E-state index contributed by atoms with van der Waals surface area (Å²) in [5.41, 5.74) is 1.57. The van der Waals surface area contributed by atoms with Crippen LogP contribution >= 0.6 is 0 Å². The van der Waals surface area contributed by atoms with E-state index >= 15 is 0 Å². The SMILES string of the molecule is Cc1c(C(=O)N2CCC(C(=O)N3CCCC3)CC2)nnn1-c1ccc(F)cc1. The van der Waals surface area contributed by atoms with Gasteiger partial charge >= 0.3 is 0 Å². The van der Waals surface area contributed by atoms with Crippen LogP contribution in [0.25, 0.3) is 5.69 Å². The molecular weight excluding hydrogens is 361 g/mol. The molecule has 3 heterocycles. The molecule has 4 rings (SSSR count). The Morgan fingerprint density at radius 2 is 1.64 bits per heavy atom.